The van der Waals surface area contributed by atoms with E-state index in [-0.39, 0.29) is 12.0 Å². The highest BCUT2D eigenvalue weighted by atomic mass is 32.2. The number of fused-ring (bicyclic) bond motifs is 1. The minimum atomic E-state index is -3.55. The molecule has 6 heteroatoms. The van der Waals surface area contributed by atoms with Gasteiger partial charge in [-0.25, -0.2) is 5.14 Å². The third-order valence-corrected chi connectivity index (χ3v) is 4.16. The summed E-state index contributed by atoms with van der Waals surface area (Å²) in [6.07, 6.45) is 1.38. The highest BCUT2D eigenvalue weighted by Crippen LogP contribution is 2.38. The third-order valence-electron chi connectivity index (χ3n) is 3.15. The Hall–Kier alpha value is -0.170. The molecule has 0 spiro atoms. The lowest BCUT2D eigenvalue weighted by Gasteiger charge is -2.14. The molecule has 2 aliphatic rings. The lowest BCUT2D eigenvalue weighted by molar-refractivity contribution is 0.129. The number of aliphatic hydroxyl groups excluding tert-OH is 1. The smallest absolute Gasteiger partial charge is 0.276 e. The van der Waals surface area contributed by atoms with Crippen molar-refractivity contribution in [2.75, 3.05) is 13.1 Å². The fourth-order valence-electron chi connectivity index (χ4n) is 2.40. The summed E-state index contributed by atoms with van der Waals surface area (Å²) < 4.78 is 23.3. The standard InChI is InChI=1S/C7H14N2O3S/c8-13(11,12)9-3-5-1-2-7(10)6(5)4-9/h5-7,10H,1-4H2,(H2,8,11,12). The molecule has 3 N–H and O–H groups in total. The molecule has 0 radical (unpaired) electrons. The summed E-state index contributed by atoms with van der Waals surface area (Å²) in [5.41, 5.74) is 0. The zero-order chi connectivity index (χ0) is 9.64. The van der Waals surface area contributed by atoms with Crippen LogP contribution in [0.15, 0.2) is 0 Å². The molecule has 1 heterocycles. The molecule has 1 aliphatic carbocycles. The Kier molecular flexibility index (Phi) is 2.10. The topological polar surface area (TPSA) is 83.6 Å². The van der Waals surface area contributed by atoms with E-state index in [1.807, 2.05) is 0 Å². The fraction of sp³-hybridized carbons (Fsp3) is 1.00. The SMILES string of the molecule is NS(=O)(=O)N1CC2CCC(O)C2C1. The summed E-state index contributed by atoms with van der Waals surface area (Å²) in [7, 11) is -3.55. The van der Waals surface area contributed by atoms with Gasteiger partial charge in [0.25, 0.3) is 10.2 Å². The summed E-state index contributed by atoms with van der Waals surface area (Å²) in [5, 5.41) is 14.5. The van der Waals surface area contributed by atoms with Crippen LogP contribution >= 0.6 is 0 Å². The summed E-state index contributed by atoms with van der Waals surface area (Å²) in [6.45, 7) is 0.880. The van der Waals surface area contributed by atoms with Crippen molar-refractivity contribution in [3.8, 4) is 0 Å². The normalized spacial score (nSPS) is 40.9. The average Bonchev–Trinajstić information content (AvgIpc) is 2.51. The van der Waals surface area contributed by atoms with Gasteiger partial charge in [0, 0.05) is 19.0 Å². The van der Waals surface area contributed by atoms with Crippen LogP contribution in [-0.4, -0.2) is 37.0 Å². The second-order valence-corrected chi connectivity index (χ2v) is 5.48. The molecule has 76 valence electrons. The van der Waals surface area contributed by atoms with Crippen molar-refractivity contribution < 1.29 is 13.5 Å². The van der Waals surface area contributed by atoms with E-state index in [2.05, 4.69) is 0 Å². The molecule has 1 saturated carbocycles. The number of aliphatic hydroxyl groups is 1. The molecule has 3 unspecified atom stereocenters. The molecule has 1 saturated heterocycles. The van der Waals surface area contributed by atoms with Crippen molar-refractivity contribution in [2.45, 2.75) is 18.9 Å². The number of hydrogen-bond acceptors (Lipinski definition) is 3. The Balaban J connectivity index is 2.11. The zero-order valence-corrected chi connectivity index (χ0v) is 8.07. The molecule has 13 heavy (non-hydrogen) atoms. The van der Waals surface area contributed by atoms with Gasteiger partial charge in [0.15, 0.2) is 0 Å². The van der Waals surface area contributed by atoms with Crippen molar-refractivity contribution in [3.63, 3.8) is 0 Å². The summed E-state index contributed by atoms with van der Waals surface area (Å²) in [5.74, 6) is 0.423. The van der Waals surface area contributed by atoms with Crippen LogP contribution < -0.4 is 5.14 Å². The van der Waals surface area contributed by atoms with Crippen LogP contribution in [0.5, 0.6) is 0 Å². The van der Waals surface area contributed by atoms with E-state index in [0.717, 1.165) is 12.8 Å². The summed E-state index contributed by atoms with van der Waals surface area (Å²) in [4.78, 5) is 0. The van der Waals surface area contributed by atoms with Crippen LogP contribution in [-0.2, 0) is 10.2 Å². The zero-order valence-electron chi connectivity index (χ0n) is 7.26. The van der Waals surface area contributed by atoms with E-state index < -0.39 is 10.2 Å². The molecule has 1 aliphatic heterocycles. The van der Waals surface area contributed by atoms with Gasteiger partial charge in [-0.1, -0.05) is 0 Å². The summed E-state index contributed by atoms with van der Waals surface area (Å²) in [6, 6.07) is 0. The Morgan fingerprint density at radius 3 is 2.54 bits per heavy atom. The van der Waals surface area contributed by atoms with Crippen LogP contribution in [0.25, 0.3) is 0 Å². The van der Waals surface area contributed by atoms with Gasteiger partial charge in [0.05, 0.1) is 6.10 Å². The molecule has 0 aromatic heterocycles. The van der Waals surface area contributed by atoms with Gasteiger partial charge >= 0.3 is 0 Å². The van der Waals surface area contributed by atoms with Gasteiger partial charge < -0.3 is 5.11 Å². The molecule has 0 amide bonds. The lowest BCUT2D eigenvalue weighted by Crippen LogP contribution is -2.36. The number of hydrogen-bond donors (Lipinski definition) is 2. The molecule has 0 aromatic carbocycles. The van der Waals surface area contributed by atoms with E-state index in [1.54, 1.807) is 0 Å². The number of nitrogens with zero attached hydrogens (tertiary/aromatic N) is 1. The van der Waals surface area contributed by atoms with E-state index >= 15 is 0 Å². The summed E-state index contributed by atoms with van der Waals surface area (Å²) >= 11 is 0. The quantitative estimate of drug-likeness (QED) is 0.571. The first-order chi connectivity index (χ1) is 5.98. The van der Waals surface area contributed by atoms with Crippen molar-refractivity contribution in [2.24, 2.45) is 17.0 Å². The minimum absolute atomic E-state index is 0.110. The van der Waals surface area contributed by atoms with Crippen molar-refractivity contribution in [1.29, 1.82) is 0 Å². The Morgan fingerprint density at radius 1 is 1.31 bits per heavy atom. The predicted octanol–water partition coefficient (Wildman–Crippen LogP) is -1.11. The highest BCUT2D eigenvalue weighted by molar-refractivity contribution is 7.86. The van der Waals surface area contributed by atoms with Gasteiger partial charge in [-0.2, -0.15) is 12.7 Å². The van der Waals surface area contributed by atoms with Gasteiger partial charge in [0.1, 0.15) is 0 Å². The van der Waals surface area contributed by atoms with Crippen molar-refractivity contribution in [3.05, 3.63) is 0 Å². The molecular formula is C7H14N2O3S. The van der Waals surface area contributed by atoms with Crippen LogP contribution in [0.2, 0.25) is 0 Å². The van der Waals surface area contributed by atoms with Gasteiger partial charge in [-0.05, 0) is 18.8 Å². The highest BCUT2D eigenvalue weighted by Gasteiger charge is 2.44. The minimum Gasteiger partial charge on any atom is -0.393 e. The first-order valence-corrected chi connectivity index (χ1v) is 5.95. The van der Waals surface area contributed by atoms with Gasteiger partial charge in [0.2, 0.25) is 0 Å². The molecule has 0 bridgehead atoms. The number of rotatable bonds is 1. The lowest BCUT2D eigenvalue weighted by atomic mass is 10.00. The average molecular weight is 206 g/mol. The van der Waals surface area contributed by atoms with Crippen molar-refractivity contribution >= 4 is 10.2 Å². The van der Waals surface area contributed by atoms with Gasteiger partial charge in [-0.3, -0.25) is 0 Å². The molecule has 3 atom stereocenters. The second kappa shape index (κ2) is 2.91. The Morgan fingerprint density at radius 2 is 2.00 bits per heavy atom. The molecule has 5 nitrogen and oxygen atoms in total. The van der Waals surface area contributed by atoms with E-state index in [1.165, 1.54) is 4.31 Å². The predicted molar refractivity (Wildman–Crippen MR) is 46.9 cm³/mol. The Bertz CT molecular complexity index is 303. The fourth-order valence-corrected chi connectivity index (χ4v) is 3.18. The Labute approximate surface area is 77.7 Å². The van der Waals surface area contributed by atoms with Crippen LogP contribution in [0.3, 0.4) is 0 Å². The third kappa shape index (κ3) is 1.59. The maximum Gasteiger partial charge on any atom is 0.276 e. The molecule has 2 fully saturated rings. The van der Waals surface area contributed by atoms with Gasteiger partial charge in [-0.15, -0.1) is 0 Å². The monoisotopic (exact) mass is 206 g/mol. The second-order valence-electron chi connectivity index (χ2n) is 3.93. The first kappa shape index (κ1) is 9.39. The number of nitrogens with two attached hydrogens (primary N) is 1. The molecule has 0 aromatic rings. The van der Waals surface area contributed by atoms with Crippen molar-refractivity contribution in [1.82, 2.24) is 4.31 Å². The first-order valence-electron chi connectivity index (χ1n) is 4.44. The van der Waals surface area contributed by atoms with Crippen LogP contribution in [0, 0.1) is 11.8 Å². The molecular weight excluding hydrogens is 192 g/mol. The maximum atomic E-state index is 11.0. The van der Waals surface area contributed by atoms with Crippen LogP contribution in [0.1, 0.15) is 12.8 Å². The largest absolute Gasteiger partial charge is 0.393 e. The van der Waals surface area contributed by atoms with Crippen LogP contribution in [0.4, 0.5) is 0 Å². The maximum absolute atomic E-state index is 11.0. The van der Waals surface area contributed by atoms with E-state index in [0.29, 0.717) is 19.0 Å². The van der Waals surface area contributed by atoms with E-state index in [4.69, 9.17) is 5.14 Å². The molecule has 2 rings (SSSR count). The van der Waals surface area contributed by atoms with E-state index in [9.17, 15) is 13.5 Å².